The number of carbonyl (C=O) groups excluding carboxylic acids is 1. The van der Waals surface area contributed by atoms with Gasteiger partial charge < -0.3 is 4.74 Å². The van der Waals surface area contributed by atoms with Gasteiger partial charge in [-0.15, -0.1) is 0 Å². The van der Waals surface area contributed by atoms with Crippen molar-refractivity contribution in [2.45, 2.75) is 0 Å². The van der Waals surface area contributed by atoms with Gasteiger partial charge in [-0.25, -0.2) is 18.0 Å². The highest BCUT2D eigenvalue weighted by Gasteiger charge is 2.19. The van der Waals surface area contributed by atoms with Crippen molar-refractivity contribution in [3.8, 4) is 11.3 Å². The van der Waals surface area contributed by atoms with Crippen molar-refractivity contribution in [2.24, 2.45) is 0 Å². The number of esters is 1. The number of benzene rings is 1. The Morgan fingerprint density at radius 1 is 1.21 bits per heavy atom. The smallest absolute Gasteiger partial charge is 0.340 e. The second-order valence-electron chi connectivity index (χ2n) is 3.64. The van der Waals surface area contributed by atoms with Crippen molar-refractivity contribution in [2.75, 3.05) is 7.11 Å². The molecule has 2 rings (SSSR count). The fourth-order valence-corrected chi connectivity index (χ4v) is 1.58. The minimum atomic E-state index is -1.06. The fraction of sp³-hybridized carbons (Fsp3) is 0.0769. The van der Waals surface area contributed by atoms with Crippen LogP contribution in [0.15, 0.2) is 30.5 Å². The van der Waals surface area contributed by atoms with Crippen LogP contribution in [-0.4, -0.2) is 18.1 Å². The number of methoxy groups -OCH3 is 1. The summed E-state index contributed by atoms with van der Waals surface area (Å²) in [6.07, 6.45) is 1.12. The second-order valence-corrected chi connectivity index (χ2v) is 3.64. The molecular formula is C13H8F3NO2. The molecule has 0 aliphatic carbocycles. The molecule has 0 saturated carbocycles. The number of hydrogen-bond donors (Lipinski definition) is 0. The standard InChI is InChI=1S/C13H8F3NO2/c1-19-13(18)8-4-5-17-12(11(8)16)9-6-7(14)2-3-10(9)15/h2-6H,1H3. The first-order valence-corrected chi connectivity index (χ1v) is 5.23. The van der Waals surface area contributed by atoms with Gasteiger partial charge >= 0.3 is 5.97 Å². The van der Waals surface area contributed by atoms with Crippen LogP contribution in [0.1, 0.15) is 10.4 Å². The van der Waals surface area contributed by atoms with Crippen molar-refractivity contribution in [1.29, 1.82) is 0 Å². The molecule has 0 aliphatic heterocycles. The quantitative estimate of drug-likeness (QED) is 0.785. The molecule has 3 nitrogen and oxygen atoms in total. The van der Waals surface area contributed by atoms with E-state index in [9.17, 15) is 18.0 Å². The summed E-state index contributed by atoms with van der Waals surface area (Å²) in [6, 6.07) is 3.67. The van der Waals surface area contributed by atoms with Gasteiger partial charge in [0.05, 0.1) is 12.7 Å². The van der Waals surface area contributed by atoms with Crippen molar-refractivity contribution in [3.05, 3.63) is 53.5 Å². The highest BCUT2D eigenvalue weighted by molar-refractivity contribution is 5.90. The zero-order valence-corrected chi connectivity index (χ0v) is 9.78. The zero-order valence-electron chi connectivity index (χ0n) is 9.78. The maximum Gasteiger partial charge on any atom is 0.340 e. The minimum absolute atomic E-state index is 0.358. The molecule has 1 heterocycles. The Labute approximate surface area is 106 Å². The Hall–Kier alpha value is -2.37. The van der Waals surface area contributed by atoms with Gasteiger partial charge in [-0.1, -0.05) is 0 Å². The summed E-state index contributed by atoms with van der Waals surface area (Å²) in [5, 5.41) is 0. The van der Waals surface area contributed by atoms with Gasteiger partial charge in [0.2, 0.25) is 0 Å². The Bertz CT molecular complexity index is 644. The number of carbonyl (C=O) groups is 1. The lowest BCUT2D eigenvalue weighted by Gasteiger charge is -2.07. The van der Waals surface area contributed by atoms with Crippen molar-refractivity contribution < 1.29 is 22.7 Å². The first-order chi connectivity index (χ1) is 9.04. The predicted octanol–water partition coefficient (Wildman–Crippen LogP) is 2.95. The van der Waals surface area contributed by atoms with Crippen molar-refractivity contribution >= 4 is 5.97 Å². The SMILES string of the molecule is COC(=O)c1ccnc(-c2cc(F)ccc2F)c1F. The number of pyridine rings is 1. The molecule has 1 aromatic carbocycles. The maximum absolute atomic E-state index is 14.1. The van der Waals surface area contributed by atoms with Crippen LogP contribution in [0.25, 0.3) is 11.3 Å². The topological polar surface area (TPSA) is 39.2 Å². The molecule has 0 N–H and O–H groups in total. The van der Waals surface area contributed by atoms with Gasteiger partial charge in [-0.3, -0.25) is 4.98 Å². The van der Waals surface area contributed by atoms with Gasteiger partial charge in [-0.2, -0.15) is 0 Å². The van der Waals surface area contributed by atoms with Crippen LogP contribution in [0.2, 0.25) is 0 Å². The summed E-state index contributed by atoms with van der Waals surface area (Å²) in [5.41, 5.74) is -1.20. The number of aromatic nitrogens is 1. The van der Waals surface area contributed by atoms with E-state index < -0.39 is 34.7 Å². The molecule has 1 aromatic heterocycles. The molecule has 0 saturated heterocycles. The van der Waals surface area contributed by atoms with Crippen LogP contribution in [0.5, 0.6) is 0 Å². The second kappa shape index (κ2) is 5.09. The van der Waals surface area contributed by atoms with Crippen LogP contribution >= 0.6 is 0 Å². The highest BCUT2D eigenvalue weighted by Crippen LogP contribution is 2.26. The van der Waals surface area contributed by atoms with Gasteiger partial charge in [0.15, 0.2) is 5.82 Å². The lowest BCUT2D eigenvalue weighted by molar-refractivity contribution is 0.0595. The Morgan fingerprint density at radius 2 is 1.95 bits per heavy atom. The van der Waals surface area contributed by atoms with E-state index in [1.54, 1.807) is 0 Å². The first kappa shape index (κ1) is 13.1. The van der Waals surface area contributed by atoms with E-state index in [4.69, 9.17) is 0 Å². The van der Waals surface area contributed by atoms with Crippen LogP contribution in [0, 0.1) is 17.5 Å². The normalized spacial score (nSPS) is 10.3. The van der Waals surface area contributed by atoms with E-state index in [-0.39, 0.29) is 5.56 Å². The van der Waals surface area contributed by atoms with E-state index in [1.165, 1.54) is 0 Å². The summed E-state index contributed by atoms with van der Waals surface area (Å²) in [5.74, 6) is -3.55. The van der Waals surface area contributed by atoms with Crippen LogP contribution in [-0.2, 0) is 4.74 Å². The average molecular weight is 267 g/mol. The molecule has 0 bridgehead atoms. The first-order valence-electron chi connectivity index (χ1n) is 5.23. The summed E-state index contributed by atoms with van der Waals surface area (Å²) >= 11 is 0. The van der Waals surface area contributed by atoms with Crippen LogP contribution in [0.4, 0.5) is 13.2 Å². The van der Waals surface area contributed by atoms with E-state index in [2.05, 4.69) is 9.72 Å². The van der Waals surface area contributed by atoms with Gasteiger partial charge in [0, 0.05) is 11.8 Å². The molecule has 2 aromatic rings. The van der Waals surface area contributed by atoms with Crippen molar-refractivity contribution in [1.82, 2.24) is 4.98 Å². The third kappa shape index (κ3) is 2.42. The number of nitrogens with zero attached hydrogens (tertiary/aromatic N) is 1. The molecule has 19 heavy (non-hydrogen) atoms. The molecule has 0 aliphatic rings. The fourth-order valence-electron chi connectivity index (χ4n) is 1.58. The number of hydrogen-bond acceptors (Lipinski definition) is 3. The molecule has 98 valence electrons. The zero-order chi connectivity index (χ0) is 14.0. The molecule has 0 amide bonds. The van der Waals surface area contributed by atoms with Gasteiger partial charge in [-0.05, 0) is 24.3 Å². The monoisotopic (exact) mass is 267 g/mol. The van der Waals surface area contributed by atoms with E-state index >= 15 is 0 Å². The molecule has 0 atom stereocenters. The average Bonchev–Trinajstić information content (AvgIpc) is 2.41. The molecule has 0 fully saturated rings. The Kier molecular flexibility index (Phi) is 3.50. The minimum Gasteiger partial charge on any atom is -0.465 e. The highest BCUT2D eigenvalue weighted by atomic mass is 19.1. The van der Waals surface area contributed by atoms with Gasteiger partial charge in [0.1, 0.15) is 17.3 Å². The largest absolute Gasteiger partial charge is 0.465 e. The lowest BCUT2D eigenvalue weighted by Crippen LogP contribution is -2.07. The maximum atomic E-state index is 14.1. The predicted molar refractivity (Wildman–Crippen MR) is 60.9 cm³/mol. The summed E-state index contributed by atoms with van der Waals surface area (Å²) < 4.78 is 45.1. The van der Waals surface area contributed by atoms with E-state index in [1.807, 2.05) is 0 Å². The van der Waals surface area contributed by atoms with Gasteiger partial charge in [0.25, 0.3) is 0 Å². The number of halogens is 3. The Balaban J connectivity index is 2.63. The summed E-state index contributed by atoms with van der Waals surface area (Å²) in [6.45, 7) is 0. The third-order valence-electron chi connectivity index (χ3n) is 2.48. The number of rotatable bonds is 2. The van der Waals surface area contributed by atoms with E-state index in [0.29, 0.717) is 0 Å². The van der Waals surface area contributed by atoms with Crippen LogP contribution in [0.3, 0.4) is 0 Å². The molecule has 0 radical (unpaired) electrons. The summed E-state index contributed by atoms with van der Waals surface area (Å²) in [7, 11) is 1.09. The molecule has 6 heteroatoms. The molecule has 0 unspecified atom stereocenters. The molecule has 0 spiro atoms. The van der Waals surface area contributed by atoms with E-state index in [0.717, 1.165) is 37.6 Å². The lowest BCUT2D eigenvalue weighted by atomic mass is 10.1. The number of ether oxygens (including phenoxy) is 1. The van der Waals surface area contributed by atoms with Crippen molar-refractivity contribution in [3.63, 3.8) is 0 Å². The third-order valence-corrected chi connectivity index (χ3v) is 2.48. The summed E-state index contributed by atoms with van der Waals surface area (Å²) in [4.78, 5) is 15.0. The Morgan fingerprint density at radius 3 is 2.63 bits per heavy atom. The molecular weight excluding hydrogens is 259 g/mol. The van der Waals surface area contributed by atoms with Crippen LogP contribution < -0.4 is 0 Å².